The Balaban J connectivity index is 1.82. The van der Waals surface area contributed by atoms with Gasteiger partial charge in [0.15, 0.2) is 0 Å². The first-order valence-corrected chi connectivity index (χ1v) is 6.90. The van der Waals surface area contributed by atoms with Crippen molar-refractivity contribution in [1.82, 2.24) is 5.32 Å². The fraction of sp³-hybridized carbons (Fsp3) is 0.600. The normalized spacial score (nSPS) is 24.5. The maximum atomic E-state index is 3.51. The molecule has 1 aromatic carbocycles. The van der Waals surface area contributed by atoms with Crippen LogP contribution in [-0.4, -0.2) is 26.2 Å². The van der Waals surface area contributed by atoms with E-state index in [1.807, 2.05) is 0 Å². The summed E-state index contributed by atoms with van der Waals surface area (Å²) < 4.78 is 0. The highest BCUT2D eigenvalue weighted by Crippen LogP contribution is 2.27. The van der Waals surface area contributed by atoms with Gasteiger partial charge in [-0.1, -0.05) is 13.0 Å². The highest BCUT2D eigenvalue weighted by atomic mass is 15.2. The van der Waals surface area contributed by atoms with Crippen molar-refractivity contribution in [1.29, 1.82) is 0 Å². The molecule has 1 heterocycles. The molecule has 1 aliphatic carbocycles. The zero-order chi connectivity index (χ0) is 11.7. The van der Waals surface area contributed by atoms with Gasteiger partial charge in [-0.15, -0.1) is 0 Å². The second-order valence-corrected chi connectivity index (χ2v) is 5.56. The van der Waals surface area contributed by atoms with E-state index in [-0.39, 0.29) is 0 Å². The van der Waals surface area contributed by atoms with Gasteiger partial charge in [-0.3, -0.25) is 0 Å². The molecule has 0 radical (unpaired) electrons. The summed E-state index contributed by atoms with van der Waals surface area (Å²) in [5.41, 5.74) is 4.60. The molecule has 2 nitrogen and oxygen atoms in total. The van der Waals surface area contributed by atoms with Gasteiger partial charge in [0.2, 0.25) is 0 Å². The molecule has 0 bridgehead atoms. The fourth-order valence-corrected chi connectivity index (χ4v) is 3.08. The third kappa shape index (κ3) is 2.32. The average Bonchev–Trinajstić information content (AvgIpc) is 2.69. The molecule has 0 amide bonds. The lowest BCUT2D eigenvalue weighted by atomic mass is 10.1. The molecular formula is C15H22N2. The zero-order valence-corrected chi connectivity index (χ0v) is 10.7. The summed E-state index contributed by atoms with van der Waals surface area (Å²) in [5.74, 6) is 0.741. The van der Waals surface area contributed by atoms with Crippen LogP contribution in [0, 0.1) is 5.92 Å². The van der Waals surface area contributed by atoms with E-state index >= 15 is 0 Å². The van der Waals surface area contributed by atoms with Crippen LogP contribution < -0.4 is 10.2 Å². The third-order valence-electron chi connectivity index (χ3n) is 4.03. The number of rotatable bonds is 1. The molecule has 92 valence electrons. The predicted octanol–water partition coefficient (Wildman–Crippen LogP) is 2.22. The number of anilines is 1. The molecule has 1 N–H and O–H groups in total. The molecule has 1 aliphatic heterocycles. The Morgan fingerprint density at radius 1 is 1.24 bits per heavy atom. The Labute approximate surface area is 104 Å². The number of benzene rings is 1. The molecule has 0 spiro atoms. The van der Waals surface area contributed by atoms with E-state index < -0.39 is 0 Å². The fourth-order valence-electron chi connectivity index (χ4n) is 3.08. The van der Waals surface area contributed by atoms with Gasteiger partial charge >= 0.3 is 0 Å². The van der Waals surface area contributed by atoms with E-state index in [1.54, 1.807) is 11.1 Å². The van der Waals surface area contributed by atoms with Gasteiger partial charge in [-0.05, 0) is 55.0 Å². The van der Waals surface area contributed by atoms with Crippen molar-refractivity contribution < 1.29 is 0 Å². The third-order valence-corrected chi connectivity index (χ3v) is 4.03. The second-order valence-electron chi connectivity index (χ2n) is 5.56. The van der Waals surface area contributed by atoms with E-state index in [0.717, 1.165) is 25.6 Å². The van der Waals surface area contributed by atoms with Gasteiger partial charge in [0.1, 0.15) is 0 Å². The molecule has 3 rings (SSSR count). The SMILES string of the molecule is CC1CNCCN(c2ccc3c(c2)CCC3)C1. The van der Waals surface area contributed by atoms with Crippen LogP contribution >= 0.6 is 0 Å². The summed E-state index contributed by atoms with van der Waals surface area (Å²) >= 11 is 0. The monoisotopic (exact) mass is 230 g/mol. The Hall–Kier alpha value is -1.02. The predicted molar refractivity (Wildman–Crippen MR) is 72.7 cm³/mol. The van der Waals surface area contributed by atoms with Gasteiger partial charge in [-0.2, -0.15) is 0 Å². The minimum Gasteiger partial charge on any atom is -0.370 e. The molecule has 1 aromatic rings. The van der Waals surface area contributed by atoms with Gasteiger partial charge in [-0.25, -0.2) is 0 Å². The molecule has 2 heteroatoms. The largest absolute Gasteiger partial charge is 0.370 e. The van der Waals surface area contributed by atoms with Crippen LogP contribution in [0.3, 0.4) is 0 Å². The van der Waals surface area contributed by atoms with Crippen molar-refractivity contribution in [3.8, 4) is 0 Å². The van der Waals surface area contributed by atoms with Crippen LogP contribution in [0.15, 0.2) is 18.2 Å². The van der Waals surface area contributed by atoms with E-state index in [0.29, 0.717) is 0 Å². The van der Waals surface area contributed by atoms with Crippen LogP contribution in [0.25, 0.3) is 0 Å². The standard InChI is InChI=1S/C15H22N2/c1-12-10-16-7-8-17(11-12)15-6-5-13-3-2-4-14(13)9-15/h5-6,9,12,16H,2-4,7-8,10-11H2,1H3. The maximum absolute atomic E-state index is 3.51. The zero-order valence-electron chi connectivity index (χ0n) is 10.7. The molecular weight excluding hydrogens is 208 g/mol. The number of aryl methyl sites for hydroxylation is 2. The summed E-state index contributed by atoms with van der Waals surface area (Å²) in [6, 6.07) is 7.10. The molecule has 17 heavy (non-hydrogen) atoms. The summed E-state index contributed by atoms with van der Waals surface area (Å²) in [7, 11) is 0. The van der Waals surface area contributed by atoms with E-state index in [2.05, 4.69) is 35.3 Å². The van der Waals surface area contributed by atoms with Crippen molar-refractivity contribution in [3.05, 3.63) is 29.3 Å². The molecule has 1 fully saturated rings. The lowest BCUT2D eigenvalue weighted by Crippen LogP contribution is -2.29. The first-order valence-electron chi connectivity index (χ1n) is 6.90. The van der Waals surface area contributed by atoms with Crippen molar-refractivity contribution in [2.75, 3.05) is 31.1 Å². The van der Waals surface area contributed by atoms with Crippen molar-refractivity contribution in [3.63, 3.8) is 0 Å². The van der Waals surface area contributed by atoms with Crippen LogP contribution in [0.4, 0.5) is 5.69 Å². The van der Waals surface area contributed by atoms with E-state index in [4.69, 9.17) is 0 Å². The molecule has 0 saturated carbocycles. The van der Waals surface area contributed by atoms with E-state index in [9.17, 15) is 0 Å². The summed E-state index contributed by atoms with van der Waals surface area (Å²) in [6.07, 6.45) is 3.91. The summed E-state index contributed by atoms with van der Waals surface area (Å²) in [5, 5.41) is 3.51. The molecule has 1 saturated heterocycles. The lowest BCUT2D eigenvalue weighted by Gasteiger charge is -2.25. The maximum Gasteiger partial charge on any atom is 0.0369 e. The van der Waals surface area contributed by atoms with Crippen LogP contribution in [0.5, 0.6) is 0 Å². The highest BCUT2D eigenvalue weighted by Gasteiger charge is 2.17. The Morgan fingerprint density at radius 3 is 3.06 bits per heavy atom. The van der Waals surface area contributed by atoms with Crippen molar-refractivity contribution >= 4 is 5.69 Å². The van der Waals surface area contributed by atoms with Gasteiger partial charge < -0.3 is 10.2 Å². The Morgan fingerprint density at radius 2 is 2.12 bits per heavy atom. The van der Waals surface area contributed by atoms with Gasteiger partial charge in [0.05, 0.1) is 0 Å². The first-order chi connectivity index (χ1) is 8.33. The minimum absolute atomic E-state index is 0.741. The van der Waals surface area contributed by atoms with E-state index in [1.165, 1.54) is 31.5 Å². The number of fused-ring (bicyclic) bond motifs is 1. The Bertz CT molecular complexity index is 400. The summed E-state index contributed by atoms with van der Waals surface area (Å²) in [4.78, 5) is 2.54. The number of nitrogens with zero attached hydrogens (tertiary/aromatic N) is 1. The quantitative estimate of drug-likeness (QED) is 0.796. The van der Waals surface area contributed by atoms with Gasteiger partial charge in [0.25, 0.3) is 0 Å². The molecule has 1 atom stereocenters. The van der Waals surface area contributed by atoms with Crippen LogP contribution in [-0.2, 0) is 12.8 Å². The topological polar surface area (TPSA) is 15.3 Å². The summed E-state index contributed by atoms with van der Waals surface area (Å²) in [6.45, 7) is 6.93. The lowest BCUT2D eigenvalue weighted by molar-refractivity contribution is 0.564. The average molecular weight is 230 g/mol. The van der Waals surface area contributed by atoms with Crippen molar-refractivity contribution in [2.45, 2.75) is 26.2 Å². The van der Waals surface area contributed by atoms with Crippen LogP contribution in [0.1, 0.15) is 24.5 Å². The number of nitrogens with one attached hydrogen (secondary N) is 1. The number of hydrogen-bond acceptors (Lipinski definition) is 2. The second kappa shape index (κ2) is 4.69. The molecule has 2 aliphatic rings. The van der Waals surface area contributed by atoms with Gasteiger partial charge in [0, 0.05) is 25.3 Å². The highest BCUT2D eigenvalue weighted by molar-refractivity contribution is 5.52. The smallest absolute Gasteiger partial charge is 0.0369 e. The minimum atomic E-state index is 0.741. The van der Waals surface area contributed by atoms with Crippen molar-refractivity contribution in [2.24, 2.45) is 5.92 Å². The molecule has 1 unspecified atom stereocenters. The Kier molecular flexibility index (Phi) is 3.06. The molecule has 0 aromatic heterocycles. The first kappa shape index (κ1) is 11.1. The van der Waals surface area contributed by atoms with Crippen LogP contribution in [0.2, 0.25) is 0 Å². The number of hydrogen-bond donors (Lipinski definition) is 1.